The van der Waals surface area contributed by atoms with Gasteiger partial charge in [-0.3, -0.25) is 0 Å². The van der Waals surface area contributed by atoms with Crippen molar-refractivity contribution in [3.8, 4) is 0 Å². The van der Waals surface area contributed by atoms with Crippen LogP contribution in [0.1, 0.15) is 32.8 Å². The quantitative estimate of drug-likeness (QED) is 0.798. The maximum atomic E-state index is 9.88. The molecule has 15 heavy (non-hydrogen) atoms. The Morgan fingerprint density at radius 3 is 2.67 bits per heavy atom. The highest BCUT2D eigenvalue weighted by molar-refractivity contribution is 5.38. The number of nitrogens with zero attached hydrogens (tertiary/aromatic N) is 1. The van der Waals surface area contributed by atoms with E-state index in [-0.39, 0.29) is 11.5 Å². The highest BCUT2D eigenvalue weighted by Crippen LogP contribution is 2.23. The Bertz CT molecular complexity index is 318. The highest BCUT2D eigenvalue weighted by Gasteiger charge is 2.17. The lowest BCUT2D eigenvalue weighted by molar-refractivity contribution is 0.121. The van der Waals surface area contributed by atoms with E-state index < -0.39 is 0 Å². The van der Waals surface area contributed by atoms with Crippen LogP contribution in [0.3, 0.4) is 0 Å². The van der Waals surface area contributed by atoms with E-state index in [1.54, 1.807) is 6.20 Å². The molecule has 1 rings (SSSR count). The van der Waals surface area contributed by atoms with Gasteiger partial charge in [0.2, 0.25) is 0 Å². The van der Waals surface area contributed by atoms with Gasteiger partial charge in [0.25, 0.3) is 0 Å². The van der Waals surface area contributed by atoms with Crippen molar-refractivity contribution in [3.63, 3.8) is 0 Å². The second-order valence-corrected chi connectivity index (χ2v) is 5.17. The van der Waals surface area contributed by atoms with Gasteiger partial charge in [0.15, 0.2) is 0 Å². The maximum Gasteiger partial charge on any atom is 0.126 e. The van der Waals surface area contributed by atoms with Gasteiger partial charge in [-0.2, -0.15) is 0 Å². The third-order valence-corrected chi connectivity index (χ3v) is 2.23. The van der Waals surface area contributed by atoms with Gasteiger partial charge in [-0.25, -0.2) is 4.98 Å². The van der Waals surface area contributed by atoms with Crippen molar-refractivity contribution >= 4 is 5.82 Å². The van der Waals surface area contributed by atoms with Crippen molar-refractivity contribution in [1.82, 2.24) is 4.98 Å². The zero-order valence-electron chi connectivity index (χ0n) is 9.70. The second-order valence-electron chi connectivity index (χ2n) is 5.17. The average molecular weight is 208 g/mol. The molecule has 84 valence electrons. The topological polar surface area (TPSA) is 59.1 Å². The summed E-state index contributed by atoms with van der Waals surface area (Å²) in [4.78, 5) is 4.00. The molecule has 0 spiro atoms. The molecule has 1 atom stereocenters. The molecule has 0 saturated heterocycles. The van der Waals surface area contributed by atoms with E-state index in [0.717, 1.165) is 12.0 Å². The predicted octanol–water partition coefficient (Wildman–Crippen LogP) is 2.00. The van der Waals surface area contributed by atoms with Crippen LogP contribution in [0, 0.1) is 5.41 Å². The highest BCUT2D eigenvalue weighted by atomic mass is 16.3. The molecule has 0 aliphatic heterocycles. The fraction of sp³-hybridized carbons (Fsp3) is 0.583. The average Bonchev–Trinajstić information content (AvgIpc) is 2.05. The molecule has 3 heteroatoms. The summed E-state index contributed by atoms with van der Waals surface area (Å²) in [6.45, 7) is 6.34. The predicted molar refractivity (Wildman–Crippen MR) is 62.4 cm³/mol. The van der Waals surface area contributed by atoms with Gasteiger partial charge >= 0.3 is 0 Å². The lowest BCUT2D eigenvalue weighted by Crippen LogP contribution is -2.20. The van der Waals surface area contributed by atoms with Crippen LogP contribution in [-0.4, -0.2) is 16.2 Å². The van der Waals surface area contributed by atoms with Gasteiger partial charge in [-0.1, -0.05) is 26.8 Å². The van der Waals surface area contributed by atoms with Crippen LogP contribution >= 0.6 is 0 Å². The number of hydrogen-bond acceptors (Lipinski definition) is 3. The first kappa shape index (κ1) is 12.0. The van der Waals surface area contributed by atoms with E-state index in [2.05, 4.69) is 25.8 Å². The minimum absolute atomic E-state index is 0.135. The van der Waals surface area contributed by atoms with Crippen molar-refractivity contribution in [3.05, 3.63) is 23.9 Å². The lowest BCUT2D eigenvalue weighted by atomic mass is 9.87. The number of aliphatic hydroxyl groups excluding tert-OH is 1. The van der Waals surface area contributed by atoms with Crippen molar-refractivity contribution in [2.75, 3.05) is 5.73 Å². The molecule has 0 radical (unpaired) electrons. The summed E-state index contributed by atoms with van der Waals surface area (Å²) in [6.07, 6.45) is 2.66. The molecule has 0 bridgehead atoms. The molecule has 1 heterocycles. The molecular formula is C12H20N2O. The minimum atomic E-state index is -0.350. The van der Waals surface area contributed by atoms with E-state index in [9.17, 15) is 5.11 Å². The Hall–Kier alpha value is -1.09. The normalized spacial score (nSPS) is 13.9. The van der Waals surface area contributed by atoms with Gasteiger partial charge < -0.3 is 10.8 Å². The van der Waals surface area contributed by atoms with Gasteiger partial charge in [-0.15, -0.1) is 0 Å². The Morgan fingerprint density at radius 1 is 1.47 bits per heavy atom. The van der Waals surface area contributed by atoms with Crippen LogP contribution in [0.5, 0.6) is 0 Å². The smallest absolute Gasteiger partial charge is 0.126 e. The molecule has 1 aromatic rings. The van der Waals surface area contributed by atoms with Crippen LogP contribution < -0.4 is 5.73 Å². The molecule has 3 nitrogen and oxygen atoms in total. The van der Waals surface area contributed by atoms with Crippen LogP contribution in [-0.2, 0) is 6.42 Å². The zero-order chi connectivity index (χ0) is 11.5. The van der Waals surface area contributed by atoms with Gasteiger partial charge in [0, 0.05) is 12.6 Å². The van der Waals surface area contributed by atoms with Gasteiger partial charge in [0.1, 0.15) is 5.82 Å². The number of anilines is 1. The number of hydrogen-bond donors (Lipinski definition) is 2. The molecule has 0 amide bonds. The first-order valence-electron chi connectivity index (χ1n) is 5.26. The minimum Gasteiger partial charge on any atom is -0.393 e. The lowest BCUT2D eigenvalue weighted by Gasteiger charge is -2.22. The molecule has 0 aliphatic carbocycles. The molecule has 0 aliphatic rings. The molecular weight excluding hydrogens is 188 g/mol. The van der Waals surface area contributed by atoms with E-state index in [1.165, 1.54) is 0 Å². The summed E-state index contributed by atoms with van der Waals surface area (Å²) in [5, 5.41) is 9.88. The Kier molecular flexibility index (Phi) is 3.69. The molecule has 3 N–H and O–H groups in total. The number of nitrogens with two attached hydrogens (primary N) is 1. The van der Waals surface area contributed by atoms with Crippen LogP contribution in [0.2, 0.25) is 0 Å². The monoisotopic (exact) mass is 208 g/mol. The summed E-state index contributed by atoms with van der Waals surface area (Å²) < 4.78 is 0. The number of pyridine rings is 1. The Labute approximate surface area is 91.3 Å². The maximum absolute atomic E-state index is 9.88. The van der Waals surface area contributed by atoms with Gasteiger partial charge in [0.05, 0.1) is 6.10 Å². The van der Waals surface area contributed by atoms with E-state index in [4.69, 9.17) is 5.73 Å². The summed E-state index contributed by atoms with van der Waals surface area (Å²) in [7, 11) is 0. The van der Waals surface area contributed by atoms with E-state index >= 15 is 0 Å². The second kappa shape index (κ2) is 4.62. The summed E-state index contributed by atoms with van der Waals surface area (Å²) in [5.41, 5.74) is 6.77. The SMILES string of the molecule is CC(C)(C)CC(O)Cc1cccnc1N. The Balaban J connectivity index is 2.59. The van der Waals surface area contributed by atoms with Crippen LogP contribution in [0.4, 0.5) is 5.82 Å². The first-order chi connectivity index (χ1) is 6.88. The summed E-state index contributed by atoms with van der Waals surface area (Å²) >= 11 is 0. The zero-order valence-corrected chi connectivity index (χ0v) is 9.70. The third kappa shape index (κ3) is 4.30. The first-order valence-corrected chi connectivity index (χ1v) is 5.26. The number of nitrogen functional groups attached to an aromatic ring is 1. The fourth-order valence-electron chi connectivity index (χ4n) is 1.66. The van der Waals surface area contributed by atoms with Crippen LogP contribution in [0.15, 0.2) is 18.3 Å². The van der Waals surface area contributed by atoms with Gasteiger partial charge in [-0.05, 0) is 23.5 Å². The molecule has 0 fully saturated rings. The van der Waals surface area contributed by atoms with E-state index in [0.29, 0.717) is 12.2 Å². The van der Waals surface area contributed by atoms with Crippen LogP contribution in [0.25, 0.3) is 0 Å². The number of rotatable bonds is 3. The summed E-state index contributed by atoms with van der Waals surface area (Å²) in [6, 6.07) is 3.75. The Morgan fingerprint density at radius 2 is 2.13 bits per heavy atom. The van der Waals surface area contributed by atoms with Crippen molar-refractivity contribution in [2.45, 2.75) is 39.7 Å². The fourth-order valence-corrected chi connectivity index (χ4v) is 1.66. The summed E-state index contributed by atoms with van der Waals surface area (Å²) in [5.74, 6) is 0.519. The molecule has 0 saturated carbocycles. The number of aromatic nitrogens is 1. The largest absolute Gasteiger partial charge is 0.393 e. The van der Waals surface area contributed by atoms with Crippen molar-refractivity contribution in [2.24, 2.45) is 5.41 Å². The van der Waals surface area contributed by atoms with Crippen molar-refractivity contribution in [1.29, 1.82) is 0 Å². The molecule has 1 unspecified atom stereocenters. The van der Waals surface area contributed by atoms with E-state index in [1.807, 2.05) is 12.1 Å². The van der Waals surface area contributed by atoms with Crippen molar-refractivity contribution < 1.29 is 5.11 Å². The third-order valence-electron chi connectivity index (χ3n) is 2.23. The standard InChI is InChI=1S/C12H20N2O/c1-12(2,3)8-10(15)7-9-5-4-6-14-11(9)13/h4-6,10,15H,7-8H2,1-3H3,(H2,13,14). The molecule has 0 aromatic carbocycles. The number of aliphatic hydroxyl groups is 1. The molecule has 1 aromatic heterocycles.